The Balaban J connectivity index is 1.70. The van der Waals surface area contributed by atoms with Crippen LogP contribution in [0.15, 0.2) is 23.6 Å². The SMILES string of the molecule is CC(C(=O)Nc1nc(-c2ccc(F)c(F)c2)cs1)N1C[C@H](O)C[C@H]1C(N)=O. The fourth-order valence-electron chi connectivity index (χ4n) is 3.03. The number of nitrogens with two attached hydrogens (primary N) is 1. The maximum atomic E-state index is 13.4. The number of aromatic nitrogens is 1. The van der Waals surface area contributed by atoms with E-state index < -0.39 is 41.6 Å². The second-order valence-corrected chi connectivity index (χ2v) is 7.19. The summed E-state index contributed by atoms with van der Waals surface area (Å²) in [6.45, 7) is 1.77. The number of primary amides is 1. The van der Waals surface area contributed by atoms with E-state index >= 15 is 0 Å². The zero-order valence-corrected chi connectivity index (χ0v) is 15.2. The number of carbonyl (C=O) groups excluding carboxylic acids is 2. The predicted molar refractivity (Wildman–Crippen MR) is 95.9 cm³/mol. The number of nitrogens with one attached hydrogen (secondary N) is 1. The molecule has 144 valence electrons. The van der Waals surface area contributed by atoms with Crippen LogP contribution in [-0.2, 0) is 9.59 Å². The molecule has 1 aromatic heterocycles. The normalized spacial score (nSPS) is 21.2. The number of anilines is 1. The first kappa shape index (κ1) is 19.3. The van der Waals surface area contributed by atoms with Crippen molar-refractivity contribution in [3.63, 3.8) is 0 Å². The average molecular weight is 396 g/mol. The second-order valence-electron chi connectivity index (χ2n) is 6.34. The van der Waals surface area contributed by atoms with E-state index in [2.05, 4.69) is 10.3 Å². The monoisotopic (exact) mass is 396 g/mol. The first-order chi connectivity index (χ1) is 12.8. The molecule has 7 nitrogen and oxygen atoms in total. The van der Waals surface area contributed by atoms with Crippen molar-refractivity contribution in [1.82, 2.24) is 9.88 Å². The molecule has 2 aromatic rings. The molecular formula is C17H18F2N4O3S. The summed E-state index contributed by atoms with van der Waals surface area (Å²) in [5, 5.41) is 14.3. The lowest BCUT2D eigenvalue weighted by Gasteiger charge is -2.27. The van der Waals surface area contributed by atoms with Crippen molar-refractivity contribution in [2.45, 2.75) is 31.5 Å². The number of aliphatic hydroxyl groups excluding tert-OH is 1. The maximum absolute atomic E-state index is 13.4. The number of nitrogens with zero attached hydrogens (tertiary/aromatic N) is 2. The molecule has 4 N–H and O–H groups in total. The Morgan fingerprint density at radius 3 is 2.81 bits per heavy atom. The zero-order chi connectivity index (χ0) is 19.7. The minimum absolute atomic E-state index is 0.167. The van der Waals surface area contributed by atoms with Gasteiger partial charge in [0.25, 0.3) is 0 Å². The molecule has 0 saturated carbocycles. The molecule has 0 radical (unpaired) electrons. The highest BCUT2D eigenvalue weighted by molar-refractivity contribution is 7.14. The number of carbonyl (C=O) groups is 2. The van der Waals surface area contributed by atoms with Crippen LogP contribution in [0, 0.1) is 11.6 Å². The molecule has 1 aliphatic heterocycles. The topological polar surface area (TPSA) is 109 Å². The van der Waals surface area contributed by atoms with E-state index in [0.29, 0.717) is 11.3 Å². The number of hydrogen-bond donors (Lipinski definition) is 3. The molecule has 0 spiro atoms. The number of rotatable bonds is 5. The van der Waals surface area contributed by atoms with E-state index in [9.17, 15) is 23.5 Å². The van der Waals surface area contributed by atoms with Crippen LogP contribution in [0.1, 0.15) is 13.3 Å². The number of amides is 2. The second kappa shape index (κ2) is 7.67. The van der Waals surface area contributed by atoms with Gasteiger partial charge in [0.15, 0.2) is 16.8 Å². The van der Waals surface area contributed by atoms with Gasteiger partial charge in [-0.2, -0.15) is 0 Å². The van der Waals surface area contributed by atoms with Gasteiger partial charge in [0, 0.05) is 17.5 Å². The summed E-state index contributed by atoms with van der Waals surface area (Å²) in [5.41, 5.74) is 6.12. The lowest BCUT2D eigenvalue weighted by atomic mass is 10.1. The van der Waals surface area contributed by atoms with Gasteiger partial charge in [-0.25, -0.2) is 13.8 Å². The van der Waals surface area contributed by atoms with Crippen molar-refractivity contribution in [1.29, 1.82) is 0 Å². The molecule has 1 fully saturated rings. The Labute approximate surface area is 157 Å². The van der Waals surface area contributed by atoms with Crippen molar-refractivity contribution in [3.05, 3.63) is 35.2 Å². The van der Waals surface area contributed by atoms with Crippen LogP contribution < -0.4 is 11.1 Å². The summed E-state index contributed by atoms with van der Waals surface area (Å²) in [6, 6.07) is 2.00. The molecule has 27 heavy (non-hydrogen) atoms. The number of halogens is 2. The van der Waals surface area contributed by atoms with Crippen LogP contribution in [0.3, 0.4) is 0 Å². The van der Waals surface area contributed by atoms with Gasteiger partial charge in [-0.15, -0.1) is 11.3 Å². The van der Waals surface area contributed by atoms with Crippen LogP contribution in [0.4, 0.5) is 13.9 Å². The smallest absolute Gasteiger partial charge is 0.243 e. The quantitative estimate of drug-likeness (QED) is 0.707. The van der Waals surface area contributed by atoms with Gasteiger partial charge in [-0.3, -0.25) is 14.5 Å². The first-order valence-electron chi connectivity index (χ1n) is 8.21. The third kappa shape index (κ3) is 4.12. The molecule has 1 unspecified atom stereocenters. The van der Waals surface area contributed by atoms with E-state index in [-0.39, 0.29) is 18.1 Å². The summed E-state index contributed by atoms with van der Waals surface area (Å²) in [6.07, 6.45) is -0.539. The molecule has 3 rings (SSSR count). The van der Waals surface area contributed by atoms with Gasteiger partial charge < -0.3 is 16.2 Å². The largest absolute Gasteiger partial charge is 0.392 e. The van der Waals surface area contributed by atoms with Gasteiger partial charge in [-0.1, -0.05) is 0 Å². The van der Waals surface area contributed by atoms with Crippen LogP contribution in [0.25, 0.3) is 11.3 Å². The molecule has 1 aliphatic rings. The van der Waals surface area contributed by atoms with Crippen molar-refractivity contribution in [3.8, 4) is 11.3 Å². The highest BCUT2D eigenvalue weighted by Crippen LogP contribution is 2.27. The molecular weight excluding hydrogens is 378 g/mol. The number of thiazole rings is 1. The van der Waals surface area contributed by atoms with E-state index in [1.165, 1.54) is 6.07 Å². The third-order valence-electron chi connectivity index (χ3n) is 4.47. The van der Waals surface area contributed by atoms with E-state index in [0.717, 1.165) is 23.5 Å². The van der Waals surface area contributed by atoms with Gasteiger partial charge in [0.2, 0.25) is 11.8 Å². The lowest BCUT2D eigenvalue weighted by Crippen LogP contribution is -2.49. The molecule has 1 saturated heterocycles. The van der Waals surface area contributed by atoms with Crippen molar-refractivity contribution < 1.29 is 23.5 Å². The molecule has 0 bridgehead atoms. The van der Waals surface area contributed by atoms with Gasteiger partial charge in [0.05, 0.1) is 23.9 Å². The molecule has 0 aliphatic carbocycles. The van der Waals surface area contributed by atoms with Gasteiger partial charge in [0.1, 0.15) is 0 Å². The van der Waals surface area contributed by atoms with E-state index in [1.54, 1.807) is 17.2 Å². The lowest BCUT2D eigenvalue weighted by molar-refractivity contribution is -0.126. The Morgan fingerprint density at radius 2 is 2.15 bits per heavy atom. The van der Waals surface area contributed by atoms with Crippen molar-refractivity contribution in [2.75, 3.05) is 11.9 Å². The van der Waals surface area contributed by atoms with Crippen LogP contribution in [0.2, 0.25) is 0 Å². The summed E-state index contributed by atoms with van der Waals surface area (Å²) in [5.74, 6) is -2.94. The average Bonchev–Trinajstić information content (AvgIpc) is 3.23. The van der Waals surface area contributed by atoms with E-state index in [4.69, 9.17) is 5.73 Å². The first-order valence-corrected chi connectivity index (χ1v) is 9.09. The Bertz CT molecular complexity index is 876. The number of hydrogen-bond acceptors (Lipinski definition) is 6. The fourth-order valence-corrected chi connectivity index (χ4v) is 3.75. The van der Waals surface area contributed by atoms with Crippen molar-refractivity contribution >= 4 is 28.3 Å². The maximum Gasteiger partial charge on any atom is 0.243 e. The number of β-amino-alcohol motifs (C(OH)–C–C–N with tert-alkyl or cyclic N) is 1. The highest BCUT2D eigenvalue weighted by Gasteiger charge is 2.39. The van der Waals surface area contributed by atoms with Crippen LogP contribution in [-0.4, -0.2) is 51.5 Å². The van der Waals surface area contributed by atoms with Crippen LogP contribution in [0.5, 0.6) is 0 Å². The zero-order valence-electron chi connectivity index (χ0n) is 14.4. The highest BCUT2D eigenvalue weighted by atomic mass is 32.1. The van der Waals surface area contributed by atoms with Crippen molar-refractivity contribution in [2.24, 2.45) is 5.73 Å². The summed E-state index contributed by atoms with van der Waals surface area (Å²) < 4.78 is 26.4. The Hall–Kier alpha value is -2.43. The van der Waals surface area contributed by atoms with Gasteiger partial charge in [-0.05, 0) is 31.5 Å². The number of benzene rings is 1. The predicted octanol–water partition coefficient (Wildman–Crippen LogP) is 1.34. The minimum Gasteiger partial charge on any atom is -0.392 e. The van der Waals surface area contributed by atoms with Gasteiger partial charge >= 0.3 is 0 Å². The third-order valence-corrected chi connectivity index (χ3v) is 5.23. The molecule has 10 heteroatoms. The summed E-state index contributed by atoms with van der Waals surface area (Å²) >= 11 is 1.13. The fraction of sp³-hybridized carbons (Fsp3) is 0.353. The van der Waals surface area contributed by atoms with E-state index in [1.807, 2.05) is 0 Å². The number of aliphatic hydroxyl groups is 1. The minimum atomic E-state index is -0.982. The summed E-state index contributed by atoms with van der Waals surface area (Å²) in [4.78, 5) is 29.8. The Kier molecular flexibility index (Phi) is 5.49. The summed E-state index contributed by atoms with van der Waals surface area (Å²) in [7, 11) is 0. The molecule has 2 amide bonds. The molecule has 2 heterocycles. The molecule has 3 atom stereocenters. The number of likely N-dealkylation sites (tertiary alicyclic amines) is 1. The standard InChI is InChI=1S/C17H18F2N4O3S/c1-8(23-6-10(24)5-14(23)15(20)25)16(26)22-17-21-13(7-27-17)9-2-3-11(18)12(19)4-9/h2-4,7-8,10,14,24H,5-6H2,1H3,(H2,20,25)(H,21,22,26)/t8?,10-,14+/m1/s1. The molecule has 1 aromatic carbocycles. The Morgan fingerprint density at radius 1 is 1.41 bits per heavy atom. The van der Waals surface area contributed by atoms with Crippen LogP contribution >= 0.6 is 11.3 Å².